The van der Waals surface area contributed by atoms with Gasteiger partial charge in [0.1, 0.15) is 16.8 Å². The Balaban J connectivity index is 1.93. The molecule has 0 saturated carbocycles. The van der Waals surface area contributed by atoms with Crippen molar-refractivity contribution in [3.8, 4) is 34.6 Å². The van der Waals surface area contributed by atoms with Crippen molar-refractivity contribution < 1.29 is 14.6 Å². The van der Waals surface area contributed by atoms with E-state index in [0.29, 0.717) is 22.1 Å². The maximum atomic E-state index is 9.49. The van der Waals surface area contributed by atoms with Crippen LogP contribution in [-0.2, 0) is 0 Å². The van der Waals surface area contributed by atoms with Crippen molar-refractivity contribution in [2.45, 2.75) is 0 Å². The molecule has 3 rings (SSSR count). The number of thiazole rings is 1. The van der Waals surface area contributed by atoms with Gasteiger partial charge < -0.3 is 14.6 Å². The molecule has 0 atom stereocenters. The first-order valence-electron chi connectivity index (χ1n) is 7.73. The van der Waals surface area contributed by atoms with Gasteiger partial charge in [-0.2, -0.15) is 5.26 Å². The summed E-state index contributed by atoms with van der Waals surface area (Å²) in [6.07, 6.45) is 1.75. The maximum absolute atomic E-state index is 9.49. The topological polar surface area (TPSA) is 75.4 Å². The number of nitrogens with zero attached hydrogens (tertiary/aromatic N) is 2. The molecule has 0 aliphatic rings. The van der Waals surface area contributed by atoms with Crippen molar-refractivity contribution in [2.75, 3.05) is 14.2 Å². The quantitative estimate of drug-likeness (QED) is 0.670. The van der Waals surface area contributed by atoms with Gasteiger partial charge in [-0.3, -0.25) is 0 Å². The van der Waals surface area contributed by atoms with Crippen LogP contribution in [0.3, 0.4) is 0 Å². The predicted octanol–water partition coefficient (Wildman–Crippen LogP) is 4.60. The van der Waals surface area contributed by atoms with Crippen molar-refractivity contribution in [1.29, 1.82) is 5.26 Å². The second kappa shape index (κ2) is 7.72. The van der Waals surface area contributed by atoms with Crippen molar-refractivity contribution in [2.24, 2.45) is 0 Å². The summed E-state index contributed by atoms with van der Waals surface area (Å²) < 4.78 is 10.6. The number of ether oxygens (including phenoxy) is 2. The molecule has 0 fully saturated rings. The van der Waals surface area contributed by atoms with E-state index in [1.165, 1.54) is 11.3 Å². The lowest BCUT2D eigenvalue weighted by Crippen LogP contribution is -1.91. The van der Waals surface area contributed by atoms with Crippen molar-refractivity contribution in [1.82, 2.24) is 4.98 Å². The molecule has 5 nitrogen and oxygen atoms in total. The van der Waals surface area contributed by atoms with E-state index >= 15 is 0 Å². The number of hydrogen-bond acceptors (Lipinski definition) is 6. The van der Waals surface area contributed by atoms with Crippen LogP contribution in [0.1, 0.15) is 10.6 Å². The van der Waals surface area contributed by atoms with E-state index in [1.54, 1.807) is 44.6 Å². The summed E-state index contributed by atoms with van der Waals surface area (Å²) in [5.74, 6) is 1.46. The molecule has 2 aromatic carbocycles. The molecule has 1 heterocycles. The molecule has 0 saturated heterocycles. The first-order valence-corrected chi connectivity index (χ1v) is 8.61. The first kappa shape index (κ1) is 17.5. The second-order valence-electron chi connectivity index (χ2n) is 5.37. The van der Waals surface area contributed by atoms with Crippen LogP contribution >= 0.6 is 11.3 Å². The van der Waals surface area contributed by atoms with Crippen LogP contribution in [-0.4, -0.2) is 24.3 Å². The van der Waals surface area contributed by atoms with Gasteiger partial charge in [0.2, 0.25) is 0 Å². The normalized spacial score (nSPS) is 11.0. The van der Waals surface area contributed by atoms with Crippen LogP contribution in [0.15, 0.2) is 47.8 Å². The van der Waals surface area contributed by atoms with Gasteiger partial charge in [0.15, 0.2) is 11.5 Å². The zero-order valence-corrected chi connectivity index (χ0v) is 15.1. The van der Waals surface area contributed by atoms with Gasteiger partial charge in [-0.05, 0) is 42.0 Å². The van der Waals surface area contributed by atoms with Gasteiger partial charge in [-0.15, -0.1) is 11.3 Å². The summed E-state index contributed by atoms with van der Waals surface area (Å²) in [5.41, 5.74) is 2.93. The largest absolute Gasteiger partial charge is 0.508 e. The highest BCUT2D eigenvalue weighted by Crippen LogP contribution is 2.33. The number of rotatable bonds is 5. The molecule has 0 aliphatic heterocycles. The smallest absolute Gasteiger partial charge is 0.161 e. The Kier molecular flexibility index (Phi) is 5.20. The van der Waals surface area contributed by atoms with E-state index in [-0.39, 0.29) is 5.75 Å². The molecule has 0 radical (unpaired) electrons. The Morgan fingerprint density at radius 3 is 2.50 bits per heavy atom. The molecule has 3 aromatic rings. The molecule has 26 heavy (non-hydrogen) atoms. The fourth-order valence-corrected chi connectivity index (χ4v) is 3.20. The molecule has 130 valence electrons. The number of phenols is 1. The van der Waals surface area contributed by atoms with E-state index in [9.17, 15) is 10.4 Å². The standard InChI is InChI=1S/C20H16N2O3S/c1-24-18-8-5-14(10-19(18)25-2)17-12-26-20(22-17)15(11-21)9-13-3-6-16(23)7-4-13/h3-10,12,23H,1-2H3. The Hall–Kier alpha value is -3.30. The van der Waals surface area contributed by atoms with Gasteiger partial charge in [0, 0.05) is 10.9 Å². The molecular weight excluding hydrogens is 348 g/mol. The number of allylic oxidation sites excluding steroid dienone is 1. The molecule has 6 heteroatoms. The van der Waals surface area contributed by atoms with E-state index in [4.69, 9.17) is 9.47 Å². The van der Waals surface area contributed by atoms with Crippen LogP contribution in [0.2, 0.25) is 0 Å². The summed E-state index contributed by atoms with van der Waals surface area (Å²) >= 11 is 1.40. The fourth-order valence-electron chi connectivity index (χ4n) is 2.40. The summed E-state index contributed by atoms with van der Waals surface area (Å²) in [6.45, 7) is 0. The summed E-state index contributed by atoms with van der Waals surface area (Å²) in [5, 5.41) is 21.4. The summed E-state index contributed by atoms with van der Waals surface area (Å²) in [7, 11) is 3.17. The Labute approximate surface area is 155 Å². The SMILES string of the molecule is COc1ccc(-c2csc(C(C#N)=Cc3ccc(O)cc3)n2)cc1OC. The minimum absolute atomic E-state index is 0.186. The van der Waals surface area contributed by atoms with Gasteiger partial charge in [-0.25, -0.2) is 4.98 Å². The Bertz CT molecular complexity index is 985. The number of aromatic nitrogens is 1. The van der Waals surface area contributed by atoms with Crippen LogP contribution in [0.5, 0.6) is 17.2 Å². The molecular formula is C20H16N2O3S. The molecule has 0 bridgehead atoms. The molecule has 0 unspecified atom stereocenters. The van der Waals surface area contributed by atoms with E-state index in [0.717, 1.165) is 16.8 Å². The Morgan fingerprint density at radius 1 is 1.12 bits per heavy atom. The first-order chi connectivity index (χ1) is 12.6. The third kappa shape index (κ3) is 3.68. The zero-order valence-electron chi connectivity index (χ0n) is 14.3. The van der Waals surface area contributed by atoms with Gasteiger partial charge in [0.05, 0.1) is 25.5 Å². The van der Waals surface area contributed by atoms with Gasteiger partial charge >= 0.3 is 0 Å². The summed E-state index contributed by atoms with van der Waals surface area (Å²) in [4.78, 5) is 4.58. The molecule has 1 aromatic heterocycles. The molecule has 0 amide bonds. The molecule has 1 N–H and O–H groups in total. The van der Waals surface area contributed by atoms with E-state index in [1.807, 2.05) is 23.6 Å². The van der Waals surface area contributed by atoms with Crippen LogP contribution in [0.25, 0.3) is 22.9 Å². The van der Waals surface area contributed by atoms with Crippen molar-refractivity contribution in [3.05, 3.63) is 58.4 Å². The molecule has 0 aliphatic carbocycles. The monoisotopic (exact) mass is 364 g/mol. The highest BCUT2D eigenvalue weighted by Gasteiger charge is 2.12. The van der Waals surface area contributed by atoms with E-state index < -0.39 is 0 Å². The second-order valence-corrected chi connectivity index (χ2v) is 6.23. The van der Waals surface area contributed by atoms with Crippen molar-refractivity contribution >= 4 is 23.0 Å². The lowest BCUT2D eigenvalue weighted by Gasteiger charge is -2.08. The average Bonchev–Trinajstić information content (AvgIpc) is 3.17. The average molecular weight is 364 g/mol. The number of hydrogen-bond donors (Lipinski definition) is 1. The zero-order chi connectivity index (χ0) is 18.5. The third-order valence-corrected chi connectivity index (χ3v) is 4.61. The maximum Gasteiger partial charge on any atom is 0.161 e. The minimum atomic E-state index is 0.186. The molecule has 0 spiro atoms. The van der Waals surface area contributed by atoms with Crippen LogP contribution < -0.4 is 9.47 Å². The number of nitriles is 1. The number of methoxy groups -OCH3 is 2. The highest BCUT2D eigenvalue weighted by atomic mass is 32.1. The number of phenolic OH excluding ortho intramolecular Hbond substituents is 1. The third-order valence-electron chi connectivity index (χ3n) is 3.74. The Morgan fingerprint density at radius 2 is 1.85 bits per heavy atom. The lowest BCUT2D eigenvalue weighted by atomic mass is 10.1. The van der Waals surface area contributed by atoms with Gasteiger partial charge in [0.25, 0.3) is 0 Å². The van der Waals surface area contributed by atoms with Crippen LogP contribution in [0, 0.1) is 11.3 Å². The minimum Gasteiger partial charge on any atom is -0.508 e. The van der Waals surface area contributed by atoms with E-state index in [2.05, 4.69) is 11.1 Å². The fraction of sp³-hybridized carbons (Fsp3) is 0.100. The predicted molar refractivity (Wildman–Crippen MR) is 102 cm³/mol. The summed E-state index contributed by atoms with van der Waals surface area (Å²) in [6, 6.07) is 14.4. The van der Waals surface area contributed by atoms with Gasteiger partial charge in [-0.1, -0.05) is 12.1 Å². The van der Waals surface area contributed by atoms with Crippen LogP contribution in [0.4, 0.5) is 0 Å². The number of aromatic hydroxyl groups is 1. The highest BCUT2D eigenvalue weighted by molar-refractivity contribution is 7.11. The lowest BCUT2D eigenvalue weighted by molar-refractivity contribution is 0.355. The number of benzene rings is 2. The van der Waals surface area contributed by atoms with Crippen molar-refractivity contribution in [3.63, 3.8) is 0 Å².